The van der Waals surface area contributed by atoms with Gasteiger partial charge in [0.2, 0.25) is 17.6 Å². The van der Waals surface area contributed by atoms with Crippen molar-refractivity contribution in [2.75, 3.05) is 39.3 Å². The highest BCUT2D eigenvalue weighted by Crippen LogP contribution is 2.23. The zero-order valence-electron chi connectivity index (χ0n) is 16.4. The molecule has 1 N–H and O–H groups in total. The Balaban J connectivity index is 1.49. The van der Waals surface area contributed by atoms with Crippen molar-refractivity contribution in [3.05, 3.63) is 35.7 Å². The molecule has 0 spiro atoms. The van der Waals surface area contributed by atoms with Crippen LogP contribution >= 0.6 is 0 Å². The van der Waals surface area contributed by atoms with Gasteiger partial charge in [-0.25, -0.2) is 0 Å². The number of nitrogens with zero attached hydrogens (tertiary/aromatic N) is 4. The van der Waals surface area contributed by atoms with Crippen molar-refractivity contribution in [2.45, 2.75) is 26.1 Å². The van der Waals surface area contributed by atoms with E-state index in [0.29, 0.717) is 37.9 Å². The van der Waals surface area contributed by atoms with Crippen LogP contribution in [0.4, 0.5) is 13.2 Å². The van der Waals surface area contributed by atoms with Crippen molar-refractivity contribution in [1.29, 1.82) is 0 Å². The Morgan fingerprint density at radius 2 is 1.86 bits per heavy atom. The van der Waals surface area contributed by atoms with Crippen molar-refractivity contribution < 1.29 is 22.5 Å². The molecule has 2 heterocycles. The van der Waals surface area contributed by atoms with Crippen molar-refractivity contribution in [1.82, 2.24) is 25.3 Å². The molecule has 1 saturated heterocycles. The monoisotopic (exact) mass is 411 g/mol. The van der Waals surface area contributed by atoms with Gasteiger partial charge < -0.3 is 9.84 Å². The summed E-state index contributed by atoms with van der Waals surface area (Å²) in [7, 11) is 0. The molecule has 0 aliphatic carbocycles. The minimum absolute atomic E-state index is 0.0452. The molecule has 0 radical (unpaired) electrons. The average Bonchev–Trinajstić information content (AvgIpc) is 3.17. The molecule has 1 amide bonds. The van der Waals surface area contributed by atoms with Crippen LogP contribution in [0.3, 0.4) is 0 Å². The fourth-order valence-corrected chi connectivity index (χ4v) is 3.15. The fraction of sp³-hybridized carbons (Fsp3) is 0.526. The van der Waals surface area contributed by atoms with Gasteiger partial charge in [-0.3, -0.25) is 14.6 Å². The molecular weight excluding hydrogens is 387 g/mol. The van der Waals surface area contributed by atoms with Gasteiger partial charge in [0.25, 0.3) is 0 Å². The maximum atomic E-state index is 12.2. The highest BCUT2D eigenvalue weighted by molar-refractivity contribution is 5.78. The Bertz CT molecular complexity index is 814. The third kappa shape index (κ3) is 6.01. The molecule has 0 saturated carbocycles. The SMILES string of the molecule is Cc1ccc(-c2noc(C(C)N3CCN(CC(=O)NCC(F)(F)F)CC3)n2)cc1. The van der Waals surface area contributed by atoms with E-state index in [1.165, 1.54) is 0 Å². The second-order valence-electron chi connectivity index (χ2n) is 7.20. The van der Waals surface area contributed by atoms with Gasteiger partial charge in [-0.1, -0.05) is 35.0 Å². The average molecular weight is 411 g/mol. The maximum Gasteiger partial charge on any atom is 0.405 e. The minimum atomic E-state index is -4.40. The molecule has 1 aliphatic heterocycles. The lowest BCUT2D eigenvalue weighted by molar-refractivity contribution is -0.139. The van der Waals surface area contributed by atoms with Crippen LogP contribution in [0, 0.1) is 6.92 Å². The third-order valence-electron chi connectivity index (χ3n) is 4.92. The first-order valence-electron chi connectivity index (χ1n) is 9.42. The zero-order valence-corrected chi connectivity index (χ0v) is 16.4. The Hall–Kier alpha value is -2.46. The molecule has 7 nitrogen and oxygen atoms in total. The predicted molar refractivity (Wildman–Crippen MR) is 100.0 cm³/mol. The van der Waals surface area contributed by atoms with Crippen LogP contribution in [-0.4, -0.2) is 71.3 Å². The number of halogens is 3. The Morgan fingerprint density at radius 1 is 1.21 bits per heavy atom. The number of aromatic nitrogens is 2. The summed E-state index contributed by atoms with van der Waals surface area (Å²) in [5, 5.41) is 5.96. The normalized spacial score (nSPS) is 17.3. The number of alkyl halides is 3. The summed E-state index contributed by atoms with van der Waals surface area (Å²) >= 11 is 0. The smallest absolute Gasteiger partial charge is 0.346 e. The molecule has 158 valence electrons. The Labute approximate surface area is 166 Å². The molecule has 2 aromatic rings. The summed E-state index contributed by atoms with van der Waals surface area (Å²) in [6.07, 6.45) is -4.40. The number of carbonyl (C=O) groups is 1. The number of nitrogens with one attached hydrogen (secondary N) is 1. The summed E-state index contributed by atoms with van der Waals surface area (Å²) in [5.41, 5.74) is 2.03. The molecule has 0 bridgehead atoms. The zero-order chi connectivity index (χ0) is 21.0. The van der Waals surface area contributed by atoms with Crippen LogP contribution in [0.15, 0.2) is 28.8 Å². The van der Waals surface area contributed by atoms with Gasteiger partial charge in [0.05, 0.1) is 12.6 Å². The van der Waals surface area contributed by atoms with E-state index in [9.17, 15) is 18.0 Å². The van der Waals surface area contributed by atoms with Gasteiger partial charge in [0.1, 0.15) is 6.54 Å². The second kappa shape index (κ2) is 8.91. The van der Waals surface area contributed by atoms with Gasteiger partial charge in [0, 0.05) is 31.7 Å². The molecule has 29 heavy (non-hydrogen) atoms. The summed E-state index contributed by atoms with van der Waals surface area (Å²) in [6.45, 7) is 5.07. The van der Waals surface area contributed by atoms with E-state index in [2.05, 4.69) is 15.0 Å². The van der Waals surface area contributed by atoms with E-state index < -0.39 is 18.6 Å². The summed E-state index contributed by atoms with van der Waals surface area (Å²) in [6, 6.07) is 7.76. The quantitative estimate of drug-likeness (QED) is 0.787. The topological polar surface area (TPSA) is 74.5 Å². The molecule has 10 heteroatoms. The first-order chi connectivity index (χ1) is 13.7. The number of piperazine rings is 1. The molecule has 1 aliphatic rings. The van der Waals surface area contributed by atoms with E-state index >= 15 is 0 Å². The highest BCUT2D eigenvalue weighted by atomic mass is 19.4. The third-order valence-corrected chi connectivity index (χ3v) is 4.92. The van der Waals surface area contributed by atoms with Crippen LogP contribution in [-0.2, 0) is 4.79 Å². The van der Waals surface area contributed by atoms with E-state index in [1.54, 1.807) is 0 Å². The lowest BCUT2D eigenvalue weighted by atomic mass is 10.1. The van der Waals surface area contributed by atoms with E-state index in [4.69, 9.17) is 4.52 Å². The van der Waals surface area contributed by atoms with Gasteiger partial charge in [-0.05, 0) is 13.8 Å². The number of hydrogen-bond acceptors (Lipinski definition) is 6. The lowest BCUT2D eigenvalue weighted by Gasteiger charge is -2.36. The molecule has 1 unspecified atom stereocenters. The van der Waals surface area contributed by atoms with E-state index in [-0.39, 0.29) is 12.6 Å². The van der Waals surface area contributed by atoms with Crippen molar-refractivity contribution >= 4 is 5.91 Å². The van der Waals surface area contributed by atoms with Gasteiger partial charge in [-0.2, -0.15) is 18.2 Å². The van der Waals surface area contributed by atoms with Crippen LogP contribution in [0.2, 0.25) is 0 Å². The van der Waals surface area contributed by atoms with Crippen molar-refractivity contribution in [2.24, 2.45) is 0 Å². The number of hydrogen-bond donors (Lipinski definition) is 1. The molecule has 3 rings (SSSR count). The Morgan fingerprint density at radius 3 is 2.48 bits per heavy atom. The predicted octanol–water partition coefficient (Wildman–Crippen LogP) is 2.40. The lowest BCUT2D eigenvalue weighted by Crippen LogP contribution is -2.50. The maximum absolute atomic E-state index is 12.2. The number of amides is 1. The van der Waals surface area contributed by atoms with Crippen LogP contribution in [0.1, 0.15) is 24.4 Å². The number of aryl methyl sites for hydroxylation is 1. The van der Waals surface area contributed by atoms with Crippen LogP contribution in [0.5, 0.6) is 0 Å². The number of rotatable bonds is 6. The van der Waals surface area contributed by atoms with E-state index in [1.807, 2.05) is 48.3 Å². The summed E-state index contributed by atoms with van der Waals surface area (Å²) in [4.78, 5) is 20.1. The molecule has 1 aromatic carbocycles. The first-order valence-corrected chi connectivity index (χ1v) is 9.42. The molecule has 1 fully saturated rings. The highest BCUT2D eigenvalue weighted by Gasteiger charge is 2.29. The van der Waals surface area contributed by atoms with E-state index in [0.717, 1.165) is 11.1 Å². The Kier molecular flexibility index (Phi) is 6.53. The molecule has 1 atom stereocenters. The summed E-state index contributed by atoms with van der Waals surface area (Å²) < 4.78 is 41.9. The largest absolute Gasteiger partial charge is 0.405 e. The van der Waals surface area contributed by atoms with Gasteiger partial charge >= 0.3 is 6.18 Å². The first kappa shape index (κ1) is 21.3. The molecular formula is C19H24F3N5O2. The van der Waals surface area contributed by atoms with Gasteiger partial charge in [0.15, 0.2) is 0 Å². The number of benzene rings is 1. The minimum Gasteiger partial charge on any atom is -0.346 e. The van der Waals surface area contributed by atoms with Crippen LogP contribution < -0.4 is 5.32 Å². The van der Waals surface area contributed by atoms with Crippen molar-refractivity contribution in [3.8, 4) is 11.4 Å². The van der Waals surface area contributed by atoms with Crippen LogP contribution in [0.25, 0.3) is 11.4 Å². The molecule has 1 aromatic heterocycles. The number of carbonyl (C=O) groups excluding carboxylic acids is 1. The standard InChI is InChI=1S/C19H24F3N5O2/c1-13-3-5-15(6-4-13)17-24-18(29-25-17)14(2)27-9-7-26(8-10-27)11-16(28)23-12-19(20,21)22/h3-6,14H,7-12H2,1-2H3,(H,23,28). The second-order valence-corrected chi connectivity index (χ2v) is 7.20. The summed E-state index contributed by atoms with van der Waals surface area (Å²) in [5.74, 6) is 0.423. The fourth-order valence-electron chi connectivity index (χ4n) is 3.15. The van der Waals surface area contributed by atoms with Crippen molar-refractivity contribution in [3.63, 3.8) is 0 Å². The van der Waals surface area contributed by atoms with Gasteiger partial charge in [-0.15, -0.1) is 0 Å².